The molecule has 0 fully saturated rings. The van der Waals surface area contributed by atoms with Gasteiger partial charge in [0, 0.05) is 30.4 Å². The van der Waals surface area contributed by atoms with Crippen molar-refractivity contribution < 1.29 is 9.90 Å². The molecular weight excluding hydrogens is 338 g/mol. The Hall–Kier alpha value is -2.11. The maximum atomic E-state index is 12.3. The minimum atomic E-state index is -0.805. The first-order valence-corrected chi connectivity index (χ1v) is 8.57. The van der Waals surface area contributed by atoms with E-state index in [-0.39, 0.29) is 18.4 Å². The standard InChI is InChI=1S/C19H24ClN3O2/c1-5-18(25)23(11-15-10-22(4)21-19(15)13(2)3)12-17(24)14-6-8-16(20)9-7-14/h5-10,13,17,24H,1,11-12H2,2-4H3/t17-/m0/s1. The lowest BCUT2D eigenvalue weighted by Crippen LogP contribution is -2.33. The molecule has 2 aromatic rings. The molecular formula is C19H24ClN3O2. The Bertz CT molecular complexity index is 738. The molecule has 0 unspecified atom stereocenters. The Morgan fingerprint density at radius 3 is 2.60 bits per heavy atom. The third-order valence-corrected chi connectivity index (χ3v) is 4.23. The predicted octanol–water partition coefficient (Wildman–Crippen LogP) is 3.45. The summed E-state index contributed by atoms with van der Waals surface area (Å²) in [5.74, 6) is 0.0182. The molecule has 0 aliphatic rings. The number of hydrogen-bond donors (Lipinski definition) is 1. The number of aromatic nitrogens is 2. The van der Waals surface area contributed by atoms with Gasteiger partial charge in [-0.1, -0.05) is 44.2 Å². The van der Waals surface area contributed by atoms with E-state index in [1.165, 1.54) is 6.08 Å². The van der Waals surface area contributed by atoms with Gasteiger partial charge >= 0.3 is 0 Å². The number of rotatable bonds is 7. The summed E-state index contributed by atoms with van der Waals surface area (Å²) in [4.78, 5) is 13.9. The van der Waals surface area contributed by atoms with Crippen LogP contribution in [0.2, 0.25) is 5.02 Å². The molecule has 0 bridgehead atoms. The summed E-state index contributed by atoms with van der Waals surface area (Å²) in [7, 11) is 1.86. The van der Waals surface area contributed by atoms with E-state index in [4.69, 9.17) is 11.6 Å². The van der Waals surface area contributed by atoms with Crippen LogP contribution in [-0.4, -0.2) is 32.2 Å². The van der Waals surface area contributed by atoms with Crippen molar-refractivity contribution in [2.45, 2.75) is 32.4 Å². The normalized spacial score (nSPS) is 12.2. The summed E-state index contributed by atoms with van der Waals surface area (Å²) in [6.07, 6.45) is 2.37. The molecule has 5 nitrogen and oxygen atoms in total. The van der Waals surface area contributed by atoms with E-state index in [0.717, 1.165) is 11.3 Å². The van der Waals surface area contributed by atoms with Crippen LogP contribution in [0.15, 0.2) is 43.1 Å². The molecule has 0 spiro atoms. The van der Waals surface area contributed by atoms with Crippen molar-refractivity contribution in [1.29, 1.82) is 0 Å². The van der Waals surface area contributed by atoms with Gasteiger partial charge in [0.1, 0.15) is 0 Å². The number of carbonyl (C=O) groups excluding carboxylic acids is 1. The molecule has 0 radical (unpaired) electrons. The van der Waals surface area contributed by atoms with Crippen LogP contribution in [0.25, 0.3) is 0 Å². The van der Waals surface area contributed by atoms with Crippen LogP contribution >= 0.6 is 11.6 Å². The first kappa shape index (κ1) is 19.2. The molecule has 1 aromatic carbocycles. The van der Waals surface area contributed by atoms with E-state index in [1.807, 2.05) is 13.2 Å². The van der Waals surface area contributed by atoms with Crippen LogP contribution in [0.3, 0.4) is 0 Å². The summed E-state index contributed by atoms with van der Waals surface area (Å²) in [6, 6.07) is 6.95. The molecule has 1 heterocycles. The number of halogens is 1. The van der Waals surface area contributed by atoms with Crippen molar-refractivity contribution in [3.63, 3.8) is 0 Å². The molecule has 134 valence electrons. The van der Waals surface area contributed by atoms with Crippen LogP contribution in [0, 0.1) is 0 Å². The third kappa shape index (κ3) is 4.94. The van der Waals surface area contributed by atoms with Crippen molar-refractivity contribution in [3.8, 4) is 0 Å². The van der Waals surface area contributed by atoms with Crippen molar-refractivity contribution in [2.75, 3.05) is 6.54 Å². The van der Waals surface area contributed by atoms with E-state index in [0.29, 0.717) is 17.1 Å². The van der Waals surface area contributed by atoms with E-state index in [1.54, 1.807) is 33.8 Å². The fourth-order valence-corrected chi connectivity index (χ4v) is 2.86. The van der Waals surface area contributed by atoms with Crippen molar-refractivity contribution >= 4 is 17.5 Å². The highest BCUT2D eigenvalue weighted by Crippen LogP contribution is 2.22. The second-order valence-corrected chi connectivity index (χ2v) is 6.79. The number of amides is 1. The molecule has 1 atom stereocenters. The SMILES string of the molecule is C=CC(=O)N(Cc1cn(C)nc1C(C)C)C[C@H](O)c1ccc(Cl)cc1. The zero-order valence-electron chi connectivity index (χ0n) is 14.8. The van der Waals surface area contributed by atoms with Gasteiger partial charge in [-0.3, -0.25) is 9.48 Å². The molecule has 0 aliphatic carbocycles. The van der Waals surface area contributed by atoms with E-state index in [9.17, 15) is 9.90 Å². The zero-order valence-corrected chi connectivity index (χ0v) is 15.6. The average Bonchev–Trinajstić information content (AvgIpc) is 2.94. The second-order valence-electron chi connectivity index (χ2n) is 6.36. The van der Waals surface area contributed by atoms with Gasteiger partial charge in [-0.05, 0) is 29.7 Å². The average molecular weight is 362 g/mol. The summed E-state index contributed by atoms with van der Waals surface area (Å²) in [5, 5.41) is 15.6. The van der Waals surface area contributed by atoms with Gasteiger partial charge in [0.05, 0.1) is 18.3 Å². The van der Waals surface area contributed by atoms with Crippen LogP contribution in [0.5, 0.6) is 0 Å². The lowest BCUT2D eigenvalue weighted by atomic mass is 10.1. The maximum Gasteiger partial charge on any atom is 0.246 e. The summed E-state index contributed by atoms with van der Waals surface area (Å²) < 4.78 is 1.75. The van der Waals surface area contributed by atoms with Crippen molar-refractivity contribution in [1.82, 2.24) is 14.7 Å². The monoisotopic (exact) mass is 361 g/mol. The maximum absolute atomic E-state index is 12.3. The van der Waals surface area contributed by atoms with Crippen LogP contribution in [-0.2, 0) is 18.4 Å². The predicted molar refractivity (Wildman–Crippen MR) is 99.3 cm³/mol. The molecule has 1 N–H and O–H groups in total. The summed E-state index contributed by atoms with van der Waals surface area (Å²) >= 11 is 5.88. The highest BCUT2D eigenvalue weighted by Gasteiger charge is 2.20. The molecule has 1 amide bonds. The first-order chi connectivity index (χ1) is 11.8. The highest BCUT2D eigenvalue weighted by molar-refractivity contribution is 6.30. The van der Waals surface area contributed by atoms with Crippen molar-refractivity contribution in [3.05, 3.63) is 65.0 Å². The number of aryl methyl sites for hydroxylation is 1. The molecule has 6 heteroatoms. The molecule has 1 aromatic heterocycles. The summed E-state index contributed by atoms with van der Waals surface area (Å²) in [5.41, 5.74) is 2.63. The van der Waals surface area contributed by atoms with Gasteiger partial charge in [0.2, 0.25) is 5.91 Å². The number of aliphatic hydroxyl groups is 1. The minimum Gasteiger partial charge on any atom is -0.387 e. The lowest BCUT2D eigenvalue weighted by molar-refractivity contribution is -0.128. The number of hydrogen-bond acceptors (Lipinski definition) is 3. The Morgan fingerprint density at radius 1 is 1.40 bits per heavy atom. The van der Waals surface area contributed by atoms with Gasteiger partial charge in [-0.15, -0.1) is 0 Å². The fraction of sp³-hybridized carbons (Fsp3) is 0.368. The summed E-state index contributed by atoms with van der Waals surface area (Å²) in [6.45, 7) is 8.23. The van der Waals surface area contributed by atoms with E-state index in [2.05, 4.69) is 25.5 Å². The number of aliphatic hydroxyl groups excluding tert-OH is 1. The van der Waals surface area contributed by atoms with Crippen LogP contribution in [0.1, 0.15) is 42.7 Å². The molecule has 0 aliphatic heterocycles. The van der Waals surface area contributed by atoms with Crippen LogP contribution < -0.4 is 0 Å². The van der Waals surface area contributed by atoms with Gasteiger partial charge in [-0.2, -0.15) is 5.10 Å². The number of nitrogens with zero attached hydrogens (tertiary/aromatic N) is 3. The largest absolute Gasteiger partial charge is 0.387 e. The Labute approximate surface area is 153 Å². The fourth-order valence-electron chi connectivity index (χ4n) is 2.73. The van der Waals surface area contributed by atoms with Gasteiger partial charge in [0.25, 0.3) is 0 Å². The highest BCUT2D eigenvalue weighted by atomic mass is 35.5. The lowest BCUT2D eigenvalue weighted by Gasteiger charge is -2.24. The second kappa shape index (κ2) is 8.32. The molecule has 25 heavy (non-hydrogen) atoms. The van der Waals surface area contributed by atoms with Crippen LogP contribution in [0.4, 0.5) is 0 Å². The van der Waals surface area contributed by atoms with E-state index >= 15 is 0 Å². The minimum absolute atomic E-state index is 0.166. The topological polar surface area (TPSA) is 58.4 Å². The molecule has 0 saturated carbocycles. The zero-order chi connectivity index (χ0) is 18.6. The number of carbonyl (C=O) groups is 1. The first-order valence-electron chi connectivity index (χ1n) is 8.19. The Morgan fingerprint density at radius 2 is 2.04 bits per heavy atom. The van der Waals surface area contributed by atoms with Crippen molar-refractivity contribution in [2.24, 2.45) is 7.05 Å². The van der Waals surface area contributed by atoms with Gasteiger partial charge in [0.15, 0.2) is 0 Å². The molecule has 0 saturated heterocycles. The van der Waals surface area contributed by atoms with Gasteiger partial charge < -0.3 is 10.0 Å². The van der Waals surface area contributed by atoms with E-state index < -0.39 is 6.10 Å². The smallest absolute Gasteiger partial charge is 0.246 e. The Kier molecular flexibility index (Phi) is 6.39. The molecule has 2 rings (SSSR count). The van der Waals surface area contributed by atoms with Gasteiger partial charge in [-0.25, -0.2) is 0 Å². The third-order valence-electron chi connectivity index (χ3n) is 3.98. The Balaban J connectivity index is 2.20. The quantitative estimate of drug-likeness (QED) is 0.768. The number of benzene rings is 1.